The van der Waals surface area contributed by atoms with Gasteiger partial charge in [-0.05, 0) is 23.8 Å². The minimum atomic E-state index is -1.03. The number of quaternary nitrogens is 1. The van der Waals surface area contributed by atoms with Gasteiger partial charge in [0.2, 0.25) is 5.78 Å². The Morgan fingerprint density at radius 3 is 2.22 bits per heavy atom. The number of esters is 1. The summed E-state index contributed by atoms with van der Waals surface area (Å²) in [6.07, 6.45) is 1.57. The zero-order valence-corrected chi connectivity index (χ0v) is 20.6. The summed E-state index contributed by atoms with van der Waals surface area (Å²) in [5.41, 5.74) is 2.11. The summed E-state index contributed by atoms with van der Waals surface area (Å²) in [5, 5.41) is 12.6. The fourth-order valence-electron chi connectivity index (χ4n) is 5.65. The van der Waals surface area contributed by atoms with Gasteiger partial charge in [0, 0.05) is 30.0 Å². The Bertz CT molecular complexity index is 1270. The summed E-state index contributed by atoms with van der Waals surface area (Å²) in [6, 6.07) is 24.3. The van der Waals surface area contributed by atoms with E-state index in [1.54, 1.807) is 12.1 Å². The molecule has 7 heteroatoms. The number of carbonyl (C=O) groups excluding carboxylic acids is 2. The van der Waals surface area contributed by atoms with Crippen LogP contribution < -0.4 is 5.32 Å². The molecule has 0 spiro atoms. The molecule has 0 amide bonds. The maximum absolute atomic E-state index is 13.6. The maximum atomic E-state index is 13.6. The van der Waals surface area contributed by atoms with Crippen molar-refractivity contribution in [3.05, 3.63) is 102 Å². The molecule has 3 aliphatic rings. The first-order valence-corrected chi connectivity index (χ1v) is 12.7. The van der Waals surface area contributed by atoms with Crippen LogP contribution in [0.1, 0.15) is 45.2 Å². The highest BCUT2D eigenvalue weighted by atomic mass is 16.5. The van der Waals surface area contributed by atoms with E-state index in [0.29, 0.717) is 28.8 Å². The fraction of sp³-hybridized carbons (Fsp3) is 0.300. The Balaban J connectivity index is 1.33. The van der Waals surface area contributed by atoms with Gasteiger partial charge >= 0.3 is 11.9 Å². The first kappa shape index (κ1) is 24.7. The van der Waals surface area contributed by atoms with Crippen molar-refractivity contribution >= 4 is 23.4 Å². The SMILES string of the molecule is O=C(O)c1cccc(NC(C(=O)O[C@H]2C[N+]3(CC(=O)c4ccccc4)CCC2CC3)c2ccccc2)c1. The van der Waals surface area contributed by atoms with Crippen molar-refractivity contribution in [1.29, 1.82) is 0 Å². The lowest BCUT2D eigenvalue weighted by Crippen LogP contribution is -2.65. The molecular weight excluding hydrogens is 468 g/mol. The van der Waals surface area contributed by atoms with E-state index in [1.165, 1.54) is 12.1 Å². The molecule has 3 aromatic carbocycles. The lowest BCUT2D eigenvalue weighted by molar-refractivity contribution is -0.938. The number of benzene rings is 3. The van der Waals surface area contributed by atoms with Gasteiger partial charge in [-0.3, -0.25) is 4.79 Å². The highest BCUT2D eigenvalue weighted by Gasteiger charge is 2.49. The number of carboxylic acid groups (broad SMARTS) is 1. The molecule has 3 aliphatic heterocycles. The van der Waals surface area contributed by atoms with Crippen molar-refractivity contribution in [1.82, 2.24) is 0 Å². The first-order chi connectivity index (χ1) is 17.9. The van der Waals surface area contributed by atoms with E-state index in [1.807, 2.05) is 60.7 Å². The molecule has 190 valence electrons. The molecule has 3 saturated heterocycles. The molecular formula is C30H31N2O5+. The van der Waals surface area contributed by atoms with Crippen molar-refractivity contribution in [2.75, 3.05) is 31.5 Å². The number of ketones is 1. The molecule has 7 nitrogen and oxygen atoms in total. The number of aromatic carboxylic acids is 1. The number of Topliss-reactive ketones (excluding diaryl/α,β-unsaturated/α-hetero) is 1. The zero-order chi connectivity index (χ0) is 25.8. The van der Waals surface area contributed by atoms with Gasteiger partial charge in [0.1, 0.15) is 13.1 Å². The number of rotatable bonds is 9. The Hall–Kier alpha value is -3.97. The van der Waals surface area contributed by atoms with Gasteiger partial charge in [-0.15, -0.1) is 0 Å². The van der Waals surface area contributed by atoms with Crippen molar-refractivity contribution in [3.63, 3.8) is 0 Å². The van der Waals surface area contributed by atoms with Gasteiger partial charge < -0.3 is 19.6 Å². The van der Waals surface area contributed by atoms with Crippen LogP contribution in [-0.4, -0.2) is 59.6 Å². The topological polar surface area (TPSA) is 92.7 Å². The van der Waals surface area contributed by atoms with Crippen LogP contribution in [0.3, 0.4) is 0 Å². The van der Waals surface area contributed by atoms with E-state index < -0.39 is 18.0 Å². The average Bonchev–Trinajstić information content (AvgIpc) is 2.93. The summed E-state index contributed by atoms with van der Waals surface area (Å²) < 4.78 is 6.80. The molecule has 2 atom stereocenters. The van der Waals surface area contributed by atoms with E-state index >= 15 is 0 Å². The van der Waals surface area contributed by atoms with Crippen LogP contribution in [0.25, 0.3) is 0 Å². The van der Waals surface area contributed by atoms with Crippen LogP contribution >= 0.6 is 0 Å². The van der Waals surface area contributed by atoms with Crippen LogP contribution in [0.15, 0.2) is 84.9 Å². The van der Waals surface area contributed by atoms with Gasteiger partial charge in [-0.1, -0.05) is 66.7 Å². The number of anilines is 1. The summed E-state index contributed by atoms with van der Waals surface area (Å²) in [6.45, 7) is 2.87. The van der Waals surface area contributed by atoms with Crippen LogP contribution in [-0.2, 0) is 9.53 Å². The lowest BCUT2D eigenvalue weighted by atomic mass is 9.82. The molecule has 0 radical (unpaired) electrons. The third-order valence-electron chi connectivity index (χ3n) is 7.67. The summed E-state index contributed by atoms with van der Waals surface area (Å²) >= 11 is 0. The highest BCUT2D eigenvalue weighted by molar-refractivity contribution is 5.97. The normalized spacial score (nSPS) is 23.1. The smallest absolute Gasteiger partial charge is 0.335 e. The third kappa shape index (κ3) is 5.57. The third-order valence-corrected chi connectivity index (χ3v) is 7.67. The molecule has 37 heavy (non-hydrogen) atoms. The predicted molar refractivity (Wildman–Crippen MR) is 139 cm³/mol. The Labute approximate surface area is 216 Å². The summed E-state index contributed by atoms with van der Waals surface area (Å²) in [4.78, 5) is 38.0. The summed E-state index contributed by atoms with van der Waals surface area (Å²) in [7, 11) is 0. The van der Waals surface area contributed by atoms with Crippen molar-refractivity contribution in [2.45, 2.75) is 25.0 Å². The molecule has 0 saturated carbocycles. The van der Waals surface area contributed by atoms with E-state index in [9.17, 15) is 19.5 Å². The van der Waals surface area contributed by atoms with Crippen molar-refractivity contribution < 1.29 is 28.7 Å². The van der Waals surface area contributed by atoms with Crippen LogP contribution in [0.5, 0.6) is 0 Å². The second-order valence-electron chi connectivity index (χ2n) is 10.1. The minimum Gasteiger partial charge on any atom is -0.478 e. The Kier molecular flexibility index (Phi) is 7.06. The van der Waals surface area contributed by atoms with Gasteiger partial charge in [0.15, 0.2) is 12.1 Å². The molecule has 2 N–H and O–H groups in total. The number of ether oxygens (including phenoxy) is 1. The van der Waals surface area contributed by atoms with Gasteiger partial charge in [0.25, 0.3) is 0 Å². The molecule has 3 fully saturated rings. The lowest BCUT2D eigenvalue weighted by Gasteiger charge is -2.51. The standard InChI is InChI=1S/C30H30N2O5/c33-26(21-8-3-1-4-9-21)19-32-16-14-22(15-17-32)27(20-32)37-30(36)28(23-10-5-2-6-11-23)31-25-13-7-12-24(18-25)29(34)35/h1-13,18,22,27-28,31H,14-17,19-20H2/p+1/t22?,27-,28?,32?/m0/s1. The number of hydrogen-bond acceptors (Lipinski definition) is 5. The molecule has 3 aromatic rings. The number of piperidine rings is 3. The molecule has 0 aromatic heterocycles. The van der Waals surface area contributed by atoms with Crippen LogP contribution in [0, 0.1) is 5.92 Å². The van der Waals surface area contributed by atoms with E-state index in [-0.39, 0.29) is 23.4 Å². The maximum Gasteiger partial charge on any atom is 0.335 e. The van der Waals surface area contributed by atoms with Crippen molar-refractivity contribution in [2.24, 2.45) is 5.92 Å². The number of hydrogen-bond donors (Lipinski definition) is 2. The molecule has 2 bridgehead atoms. The predicted octanol–water partition coefficient (Wildman–Crippen LogP) is 4.57. The number of carboxylic acids is 1. The van der Waals surface area contributed by atoms with E-state index in [4.69, 9.17) is 4.74 Å². The molecule has 6 rings (SSSR count). The van der Waals surface area contributed by atoms with Crippen LogP contribution in [0.2, 0.25) is 0 Å². The molecule has 3 heterocycles. The second kappa shape index (κ2) is 10.6. The van der Waals surface area contributed by atoms with E-state index in [0.717, 1.165) is 31.5 Å². The highest BCUT2D eigenvalue weighted by Crippen LogP contribution is 2.36. The van der Waals surface area contributed by atoms with E-state index in [2.05, 4.69) is 5.32 Å². The zero-order valence-electron chi connectivity index (χ0n) is 20.6. The van der Waals surface area contributed by atoms with Gasteiger partial charge in [-0.2, -0.15) is 0 Å². The number of carbonyl (C=O) groups is 3. The average molecular weight is 500 g/mol. The Morgan fingerprint density at radius 2 is 1.54 bits per heavy atom. The largest absolute Gasteiger partial charge is 0.478 e. The van der Waals surface area contributed by atoms with Crippen LogP contribution in [0.4, 0.5) is 5.69 Å². The van der Waals surface area contributed by atoms with Crippen molar-refractivity contribution in [3.8, 4) is 0 Å². The number of nitrogens with zero attached hydrogens (tertiary/aromatic N) is 1. The monoisotopic (exact) mass is 499 g/mol. The second-order valence-corrected chi connectivity index (χ2v) is 10.1. The molecule has 0 aliphatic carbocycles. The number of nitrogens with one attached hydrogen (secondary N) is 1. The fourth-order valence-corrected chi connectivity index (χ4v) is 5.65. The molecule has 1 unspecified atom stereocenters. The summed E-state index contributed by atoms with van der Waals surface area (Å²) in [5.74, 6) is -1.04. The number of fused-ring (bicyclic) bond motifs is 3. The first-order valence-electron chi connectivity index (χ1n) is 12.7. The quantitative estimate of drug-likeness (QED) is 0.255. The Morgan fingerprint density at radius 1 is 0.892 bits per heavy atom. The van der Waals surface area contributed by atoms with Gasteiger partial charge in [-0.25, -0.2) is 9.59 Å². The van der Waals surface area contributed by atoms with Gasteiger partial charge in [0.05, 0.1) is 18.7 Å². The minimum absolute atomic E-state index is 0.119.